The molecular weight excluding hydrogens is 307 g/mol. The Morgan fingerprint density at radius 2 is 1.29 bits per heavy atom. The first kappa shape index (κ1) is 19.6. The van der Waals surface area contributed by atoms with Gasteiger partial charge in [0, 0.05) is 12.8 Å². The van der Waals surface area contributed by atoms with Crippen molar-refractivity contribution in [3.05, 3.63) is 0 Å². The van der Waals surface area contributed by atoms with Gasteiger partial charge in [0.05, 0.1) is 21.3 Å². The molecule has 0 aromatic rings. The first-order chi connectivity index (χ1) is 9.64. The lowest BCUT2D eigenvalue weighted by Gasteiger charge is -2.30. The summed E-state index contributed by atoms with van der Waals surface area (Å²) in [5.41, 5.74) is 0. The van der Waals surface area contributed by atoms with Crippen LogP contribution in [0.2, 0.25) is 0 Å². The highest BCUT2D eigenvalue weighted by Crippen LogP contribution is 2.56. The van der Waals surface area contributed by atoms with Gasteiger partial charge in [0.15, 0.2) is 5.16 Å². The van der Waals surface area contributed by atoms with Gasteiger partial charge in [-0.15, -0.1) is 0 Å². The van der Waals surface area contributed by atoms with Crippen molar-refractivity contribution < 1.29 is 42.9 Å². The Morgan fingerprint density at radius 3 is 1.52 bits per heavy atom. The molecule has 0 saturated carbocycles. The van der Waals surface area contributed by atoms with Gasteiger partial charge >= 0.3 is 25.5 Å². The highest BCUT2D eigenvalue weighted by molar-refractivity contribution is 7.54. The van der Waals surface area contributed by atoms with E-state index in [0.29, 0.717) is 0 Å². The normalized spacial score (nSPS) is 11.7. The van der Waals surface area contributed by atoms with Gasteiger partial charge in [-0.3, -0.25) is 18.9 Å². The van der Waals surface area contributed by atoms with Gasteiger partial charge in [0.2, 0.25) is 0 Å². The van der Waals surface area contributed by atoms with E-state index < -0.39 is 56.3 Å². The molecule has 10 heteroatoms. The van der Waals surface area contributed by atoms with Crippen molar-refractivity contribution in [2.45, 2.75) is 30.8 Å². The molecule has 0 aliphatic heterocycles. The molecule has 0 spiro atoms. The summed E-state index contributed by atoms with van der Waals surface area (Å²) in [7, 11) is -1.83. The van der Waals surface area contributed by atoms with Crippen LogP contribution in [0, 0.1) is 0 Å². The summed E-state index contributed by atoms with van der Waals surface area (Å²) in [5, 5.41) is -2.29. The molecule has 0 rings (SSSR count). The molecule has 0 fully saturated rings. The second kappa shape index (κ2) is 8.11. The van der Waals surface area contributed by atoms with Crippen LogP contribution in [0.4, 0.5) is 0 Å². The average molecular weight is 326 g/mol. The zero-order chi connectivity index (χ0) is 16.7. The van der Waals surface area contributed by atoms with Gasteiger partial charge in [-0.2, -0.15) is 0 Å². The number of esters is 3. The number of carbonyl (C=O) groups is 3. The predicted octanol–water partition coefficient (Wildman–Crippen LogP) is -0.0177. The molecule has 0 aromatic carbocycles. The smallest absolute Gasteiger partial charge is 0.342 e. The molecule has 0 bridgehead atoms. The third-order valence-electron chi connectivity index (χ3n) is 3.06. The summed E-state index contributed by atoms with van der Waals surface area (Å²) < 4.78 is 24.9. The minimum absolute atomic E-state index is 0.405. The maximum absolute atomic E-state index is 11.9. The van der Waals surface area contributed by atoms with E-state index in [2.05, 4.69) is 14.2 Å². The minimum Gasteiger partial charge on any atom is -0.469 e. The minimum atomic E-state index is -5.00. The van der Waals surface area contributed by atoms with Crippen LogP contribution in [-0.2, 0) is 33.2 Å². The van der Waals surface area contributed by atoms with E-state index >= 15 is 0 Å². The summed E-state index contributed by atoms with van der Waals surface area (Å²) in [5.74, 6) is -2.67. The SMILES string of the molecule is COC(=O)CCC(CCC(=O)OC)(C(=O)OC)P(=O)(O)O. The number of methoxy groups -OCH3 is 3. The molecule has 0 saturated heterocycles. The van der Waals surface area contributed by atoms with Crippen LogP contribution in [0.15, 0.2) is 0 Å². The van der Waals surface area contributed by atoms with Gasteiger partial charge in [-0.1, -0.05) is 0 Å². The fourth-order valence-corrected chi connectivity index (χ4v) is 2.89. The van der Waals surface area contributed by atoms with Crippen LogP contribution >= 0.6 is 7.60 Å². The third-order valence-corrected chi connectivity index (χ3v) is 4.81. The van der Waals surface area contributed by atoms with Crippen LogP contribution in [0.25, 0.3) is 0 Å². The van der Waals surface area contributed by atoms with Crippen molar-refractivity contribution in [2.24, 2.45) is 0 Å². The summed E-state index contributed by atoms with van der Waals surface area (Å²) in [4.78, 5) is 53.2. The van der Waals surface area contributed by atoms with Crippen molar-refractivity contribution in [3.63, 3.8) is 0 Å². The number of ether oxygens (including phenoxy) is 3. The number of hydrogen-bond acceptors (Lipinski definition) is 7. The van der Waals surface area contributed by atoms with Gasteiger partial charge in [-0.05, 0) is 12.8 Å². The summed E-state index contributed by atoms with van der Waals surface area (Å²) >= 11 is 0. The maximum Gasteiger partial charge on any atom is 0.342 e. The van der Waals surface area contributed by atoms with Crippen LogP contribution in [0.5, 0.6) is 0 Å². The Labute approximate surface area is 121 Å². The maximum atomic E-state index is 11.9. The molecule has 0 radical (unpaired) electrons. The van der Waals surface area contributed by atoms with Crippen LogP contribution in [0.3, 0.4) is 0 Å². The van der Waals surface area contributed by atoms with E-state index in [9.17, 15) is 28.7 Å². The first-order valence-corrected chi connectivity index (χ1v) is 7.53. The van der Waals surface area contributed by atoms with Gasteiger partial charge < -0.3 is 24.0 Å². The molecular formula is C11H19O9P. The summed E-state index contributed by atoms with van der Waals surface area (Å²) in [6.45, 7) is 0. The molecule has 0 atom stereocenters. The van der Waals surface area contributed by atoms with E-state index in [4.69, 9.17) is 0 Å². The topological polar surface area (TPSA) is 136 Å². The summed E-state index contributed by atoms with van der Waals surface area (Å²) in [6, 6.07) is 0. The summed E-state index contributed by atoms with van der Waals surface area (Å²) in [6.07, 6.45) is -1.82. The molecule has 0 unspecified atom stereocenters. The fraction of sp³-hybridized carbons (Fsp3) is 0.727. The van der Waals surface area contributed by atoms with Crippen LogP contribution < -0.4 is 0 Å². The van der Waals surface area contributed by atoms with Crippen molar-refractivity contribution in [3.8, 4) is 0 Å². The van der Waals surface area contributed by atoms with Crippen LogP contribution in [0.1, 0.15) is 25.7 Å². The molecule has 122 valence electrons. The van der Waals surface area contributed by atoms with E-state index in [1.165, 1.54) is 0 Å². The lowest BCUT2D eigenvalue weighted by atomic mass is 9.96. The van der Waals surface area contributed by atoms with Gasteiger partial charge in [-0.25, -0.2) is 0 Å². The molecule has 21 heavy (non-hydrogen) atoms. The number of carbonyl (C=O) groups excluding carboxylic acids is 3. The van der Waals surface area contributed by atoms with Crippen molar-refractivity contribution >= 4 is 25.5 Å². The Bertz CT molecular complexity index is 419. The van der Waals surface area contributed by atoms with Crippen molar-refractivity contribution in [2.75, 3.05) is 21.3 Å². The van der Waals surface area contributed by atoms with Gasteiger partial charge in [0.1, 0.15) is 0 Å². The van der Waals surface area contributed by atoms with Crippen molar-refractivity contribution in [1.82, 2.24) is 0 Å². The third kappa shape index (κ3) is 5.11. The molecule has 2 N–H and O–H groups in total. The molecule has 0 amide bonds. The average Bonchev–Trinajstić information content (AvgIpc) is 2.44. The van der Waals surface area contributed by atoms with Crippen LogP contribution in [-0.4, -0.2) is 54.2 Å². The van der Waals surface area contributed by atoms with E-state index in [1.54, 1.807) is 0 Å². The molecule has 0 heterocycles. The Morgan fingerprint density at radius 1 is 0.905 bits per heavy atom. The molecule has 9 nitrogen and oxygen atoms in total. The zero-order valence-electron chi connectivity index (χ0n) is 12.0. The van der Waals surface area contributed by atoms with Crippen molar-refractivity contribution in [1.29, 1.82) is 0 Å². The Balaban J connectivity index is 5.44. The second-order valence-electron chi connectivity index (χ2n) is 4.22. The highest BCUT2D eigenvalue weighted by Gasteiger charge is 2.54. The molecule has 0 aliphatic rings. The Kier molecular flexibility index (Phi) is 7.56. The lowest BCUT2D eigenvalue weighted by Crippen LogP contribution is -2.40. The standard InChI is InChI=1S/C11H19O9P/c1-18-8(12)4-6-11(10(14)20-3,21(15,16)17)7-5-9(13)19-2/h4-7H2,1-3H3,(H2,15,16,17). The second-order valence-corrected chi connectivity index (χ2v) is 6.16. The molecule has 0 aliphatic carbocycles. The van der Waals surface area contributed by atoms with E-state index in [1.807, 2.05) is 0 Å². The quantitative estimate of drug-likeness (QED) is 0.358. The monoisotopic (exact) mass is 326 g/mol. The fourth-order valence-electron chi connectivity index (χ4n) is 1.75. The largest absolute Gasteiger partial charge is 0.469 e. The predicted molar refractivity (Wildman–Crippen MR) is 69.3 cm³/mol. The van der Waals surface area contributed by atoms with E-state index in [-0.39, 0.29) is 0 Å². The van der Waals surface area contributed by atoms with E-state index in [0.717, 1.165) is 21.3 Å². The number of rotatable bonds is 8. The molecule has 0 aromatic heterocycles. The lowest BCUT2D eigenvalue weighted by molar-refractivity contribution is -0.146. The van der Waals surface area contributed by atoms with Gasteiger partial charge in [0.25, 0.3) is 0 Å². The Hall–Kier alpha value is -1.44. The number of hydrogen-bond donors (Lipinski definition) is 2. The highest BCUT2D eigenvalue weighted by atomic mass is 31.2. The zero-order valence-corrected chi connectivity index (χ0v) is 12.9. The first-order valence-electron chi connectivity index (χ1n) is 5.92.